The Morgan fingerprint density at radius 3 is 2.83 bits per heavy atom. The maximum atomic E-state index is 5.98. The van der Waals surface area contributed by atoms with Crippen molar-refractivity contribution in [2.24, 2.45) is 10.7 Å². The molecule has 5 nitrogen and oxygen atoms in total. The normalized spacial score (nSPS) is 15.4. The Labute approximate surface area is 140 Å². The predicted octanol–water partition coefficient (Wildman–Crippen LogP) is 2.91. The molecular formula is C17H22N4OS. The molecule has 122 valence electrons. The van der Waals surface area contributed by atoms with E-state index in [1.54, 1.807) is 18.4 Å². The van der Waals surface area contributed by atoms with Crippen molar-refractivity contribution in [3.8, 4) is 10.4 Å². The molecular weight excluding hydrogens is 308 g/mol. The van der Waals surface area contributed by atoms with Crippen molar-refractivity contribution < 1.29 is 4.74 Å². The van der Waals surface area contributed by atoms with Crippen LogP contribution in [0.1, 0.15) is 30.0 Å². The van der Waals surface area contributed by atoms with Gasteiger partial charge in [-0.1, -0.05) is 30.3 Å². The first kappa shape index (κ1) is 16.0. The van der Waals surface area contributed by atoms with Crippen LogP contribution in [0.5, 0.6) is 0 Å². The number of hydrogen-bond donors (Lipinski definition) is 2. The molecule has 1 fully saturated rings. The summed E-state index contributed by atoms with van der Waals surface area (Å²) in [5, 5.41) is 4.22. The molecule has 0 aliphatic heterocycles. The highest BCUT2D eigenvalue weighted by Crippen LogP contribution is 2.31. The fourth-order valence-electron chi connectivity index (χ4n) is 2.48. The van der Waals surface area contributed by atoms with Gasteiger partial charge in [0.25, 0.3) is 0 Å². The Morgan fingerprint density at radius 1 is 1.39 bits per heavy atom. The quantitative estimate of drug-likeness (QED) is 0.631. The van der Waals surface area contributed by atoms with E-state index in [-0.39, 0.29) is 0 Å². The average molecular weight is 330 g/mol. The minimum absolute atomic E-state index is 0.482. The van der Waals surface area contributed by atoms with Crippen molar-refractivity contribution in [1.29, 1.82) is 0 Å². The number of nitrogens with zero attached hydrogens (tertiary/aromatic N) is 2. The van der Waals surface area contributed by atoms with E-state index in [9.17, 15) is 0 Å². The second kappa shape index (κ2) is 7.57. The minimum atomic E-state index is 0.482. The largest absolute Gasteiger partial charge is 0.378 e. The zero-order valence-corrected chi connectivity index (χ0v) is 14.1. The van der Waals surface area contributed by atoms with Crippen molar-refractivity contribution in [2.45, 2.75) is 38.5 Å². The second-order valence-corrected chi connectivity index (χ2v) is 6.74. The van der Waals surface area contributed by atoms with Crippen LogP contribution in [0, 0.1) is 0 Å². The molecule has 0 unspecified atom stereocenters. The van der Waals surface area contributed by atoms with Gasteiger partial charge >= 0.3 is 0 Å². The van der Waals surface area contributed by atoms with Crippen LogP contribution >= 0.6 is 11.3 Å². The minimum Gasteiger partial charge on any atom is -0.378 e. The number of nitrogens with one attached hydrogen (secondary N) is 1. The molecule has 1 aliphatic carbocycles. The lowest BCUT2D eigenvalue weighted by Gasteiger charge is -2.26. The number of nitrogens with two attached hydrogens (primary N) is 1. The van der Waals surface area contributed by atoms with Crippen molar-refractivity contribution >= 4 is 17.3 Å². The zero-order valence-electron chi connectivity index (χ0n) is 13.3. The summed E-state index contributed by atoms with van der Waals surface area (Å²) < 4.78 is 5.21. The number of thiazole rings is 1. The zero-order chi connectivity index (χ0) is 16.1. The van der Waals surface area contributed by atoms with E-state index in [2.05, 4.69) is 27.4 Å². The molecule has 1 aliphatic rings. The number of benzene rings is 1. The smallest absolute Gasteiger partial charge is 0.189 e. The van der Waals surface area contributed by atoms with Crippen molar-refractivity contribution in [3.05, 3.63) is 41.0 Å². The number of ether oxygens (including phenoxy) is 1. The van der Waals surface area contributed by atoms with Gasteiger partial charge in [0.15, 0.2) is 5.96 Å². The molecule has 1 aromatic carbocycles. The highest BCUT2D eigenvalue weighted by molar-refractivity contribution is 7.15. The number of aliphatic imine (C=N–C) groups is 1. The number of rotatable bonds is 6. The first-order valence-electron chi connectivity index (χ1n) is 7.85. The van der Waals surface area contributed by atoms with E-state index >= 15 is 0 Å². The van der Waals surface area contributed by atoms with Crippen LogP contribution in [-0.4, -0.2) is 24.1 Å². The van der Waals surface area contributed by atoms with Crippen molar-refractivity contribution in [2.75, 3.05) is 7.11 Å². The topological polar surface area (TPSA) is 72.5 Å². The summed E-state index contributed by atoms with van der Waals surface area (Å²) in [4.78, 5) is 10.3. The molecule has 2 aromatic rings. The molecule has 0 radical (unpaired) electrons. The lowest BCUT2D eigenvalue weighted by atomic mass is 9.93. The van der Waals surface area contributed by atoms with Crippen LogP contribution in [0.3, 0.4) is 0 Å². The summed E-state index contributed by atoms with van der Waals surface area (Å²) >= 11 is 1.65. The van der Waals surface area contributed by atoms with E-state index in [0.29, 0.717) is 25.2 Å². The van der Waals surface area contributed by atoms with E-state index in [4.69, 9.17) is 10.5 Å². The second-order valence-electron chi connectivity index (χ2n) is 5.66. The Balaban J connectivity index is 1.77. The predicted molar refractivity (Wildman–Crippen MR) is 94.4 cm³/mol. The standard InChI is InChI=1S/C17H22N4OS/c1-22-11-15-21-14(10-19-17(18)20-13-8-5-9-13)16(23-15)12-6-3-2-4-7-12/h2-4,6-7,13H,5,8-11H2,1H3,(H3,18,19,20). The summed E-state index contributed by atoms with van der Waals surface area (Å²) in [5.74, 6) is 0.509. The summed E-state index contributed by atoms with van der Waals surface area (Å²) in [6, 6.07) is 10.8. The van der Waals surface area contributed by atoms with Crippen LogP contribution in [-0.2, 0) is 17.9 Å². The summed E-state index contributed by atoms with van der Waals surface area (Å²) in [6.45, 7) is 1.00. The third-order valence-corrected chi connectivity index (χ3v) is 5.02. The van der Waals surface area contributed by atoms with Gasteiger partial charge in [-0.2, -0.15) is 0 Å². The molecule has 3 N–H and O–H groups in total. The molecule has 6 heteroatoms. The van der Waals surface area contributed by atoms with E-state index in [1.807, 2.05) is 18.2 Å². The highest BCUT2D eigenvalue weighted by atomic mass is 32.1. The number of guanidine groups is 1. The maximum Gasteiger partial charge on any atom is 0.189 e. The monoisotopic (exact) mass is 330 g/mol. The SMILES string of the molecule is COCc1nc(CN=C(N)NC2CCC2)c(-c2ccccc2)s1. The lowest BCUT2D eigenvalue weighted by molar-refractivity contribution is 0.184. The van der Waals surface area contributed by atoms with Crippen LogP contribution < -0.4 is 11.1 Å². The fraction of sp³-hybridized carbons (Fsp3) is 0.412. The molecule has 1 heterocycles. The summed E-state index contributed by atoms with van der Waals surface area (Å²) in [7, 11) is 1.68. The van der Waals surface area contributed by atoms with Gasteiger partial charge in [-0.25, -0.2) is 9.98 Å². The first-order valence-corrected chi connectivity index (χ1v) is 8.67. The Morgan fingerprint density at radius 2 is 2.17 bits per heavy atom. The van der Waals surface area contributed by atoms with Gasteiger partial charge in [-0.05, 0) is 24.8 Å². The third kappa shape index (κ3) is 4.09. The van der Waals surface area contributed by atoms with Gasteiger partial charge in [0, 0.05) is 13.2 Å². The van der Waals surface area contributed by atoms with Crippen LogP contribution in [0.25, 0.3) is 10.4 Å². The Bertz CT molecular complexity index is 664. The summed E-state index contributed by atoms with van der Waals surface area (Å²) in [5.41, 5.74) is 8.08. The number of hydrogen-bond acceptors (Lipinski definition) is 4. The van der Waals surface area contributed by atoms with E-state index < -0.39 is 0 Å². The number of aromatic nitrogens is 1. The fourth-order valence-corrected chi connectivity index (χ4v) is 3.53. The third-order valence-electron chi connectivity index (χ3n) is 3.90. The average Bonchev–Trinajstić information content (AvgIpc) is 2.93. The molecule has 0 amide bonds. The van der Waals surface area contributed by atoms with Crippen LogP contribution in [0.15, 0.2) is 35.3 Å². The van der Waals surface area contributed by atoms with Gasteiger partial charge in [-0.3, -0.25) is 0 Å². The molecule has 3 rings (SSSR count). The lowest BCUT2D eigenvalue weighted by Crippen LogP contribution is -2.43. The van der Waals surface area contributed by atoms with Crippen LogP contribution in [0.2, 0.25) is 0 Å². The molecule has 0 saturated heterocycles. The van der Waals surface area contributed by atoms with Crippen molar-refractivity contribution in [3.63, 3.8) is 0 Å². The molecule has 0 bridgehead atoms. The first-order chi connectivity index (χ1) is 11.3. The summed E-state index contributed by atoms with van der Waals surface area (Å²) in [6.07, 6.45) is 3.63. The molecule has 0 atom stereocenters. The Kier molecular flexibility index (Phi) is 5.25. The van der Waals surface area contributed by atoms with Gasteiger partial charge in [0.1, 0.15) is 5.01 Å². The molecule has 1 saturated carbocycles. The van der Waals surface area contributed by atoms with E-state index in [1.165, 1.54) is 19.3 Å². The maximum absolute atomic E-state index is 5.98. The van der Waals surface area contributed by atoms with Gasteiger partial charge in [0.2, 0.25) is 0 Å². The van der Waals surface area contributed by atoms with Gasteiger partial charge in [0.05, 0.1) is 23.7 Å². The molecule has 0 spiro atoms. The van der Waals surface area contributed by atoms with Gasteiger partial charge < -0.3 is 15.8 Å². The number of methoxy groups -OCH3 is 1. The van der Waals surface area contributed by atoms with Gasteiger partial charge in [-0.15, -0.1) is 11.3 Å². The van der Waals surface area contributed by atoms with Crippen LogP contribution in [0.4, 0.5) is 0 Å². The highest BCUT2D eigenvalue weighted by Gasteiger charge is 2.17. The Hall–Kier alpha value is -1.92. The molecule has 23 heavy (non-hydrogen) atoms. The molecule has 1 aromatic heterocycles. The van der Waals surface area contributed by atoms with Crippen molar-refractivity contribution in [1.82, 2.24) is 10.3 Å². The van der Waals surface area contributed by atoms with E-state index in [0.717, 1.165) is 21.1 Å².